The minimum atomic E-state index is 0.401. The molecule has 1 atom stereocenters. The van der Waals surface area contributed by atoms with Gasteiger partial charge in [0.1, 0.15) is 0 Å². The molecule has 0 aliphatic rings. The van der Waals surface area contributed by atoms with Crippen molar-refractivity contribution >= 4 is 11.8 Å². The van der Waals surface area contributed by atoms with Gasteiger partial charge in [-0.3, -0.25) is 0 Å². The molecule has 0 aromatic rings. The van der Waals surface area contributed by atoms with E-state index in [2.05, 4.69) is 18.4 Å². The summed E-state index contributed by atoms with van der Waals surface area (Å²) in [7, 11) is 0. The lowest BCUT2D eigenvalue weighted by atomic mass is 10.2. The molecule has 0 aliphatic carbocycles. The molecule has 0 amide bonds. The Bertz CT molecular complexity index is 91.8. The molecule has 12 heavy (non-hydrogen) atoms. The van der Waals surface area contributed by atoms with E-state index < -0.39 is 0 Å². The van der Waals surface area contributed by atoms with Crippen molar-refractivity contribution in [1.29, 1.82) is 0 Å². The minimum absolute atomic E-state index is 0.401. The van der Waals surface area contributed by atoms with Gasteiger partial charge >= 0.3 is 0 Å². The zero-order valence-electron chi connectivity index (χ0n) is 8.84. The summed E-state index contributed by atoms with van der Waals surface area (Å²) in [5, 5.41) is 2.11. The van der Waals surface area contributed by atoms with E-state index in [-0.39, 0.29) is 0 Å². The van der Waals surface area contributed by atoms with Crippen molar-refractivity contribution in [1.82, 2.24) is 0 Å². The molecule has 0 heterocycles. The lowest BCUT2D eigenvalue weighted by molar-refractivity contribution is 0.634. The van der Waals surface area contributed by atoms with Crippen molar-refractivity contribution < 1.29 is 0 Å². The van der Waals surface area contributed by atoms with Gasteiger partial charge in [-0.05, 0) is 30.9 Å². The third kappa shape index (κ3) is 12.7. The van der Waals surface area contributed by atoms with Gasteiger partial charge in [-0.15, -0.1) is 11.8 Å². The molecule has 0 fully saturated rings. The molecule has 0 aromatic heterocycles. The molecule has 0 aromatic carbocycles. The molecule has 1 unspecified atom stereocenters. The molecule has 0 saturated carbocycles. The van der Waals surface area contributed by atoms with E-state index >= 15 is 0 Å². The molecule has 0 bridgehead atoms. The normalized spacial score (nSPS) is 12.4. The van der Waals surface area contributed by atoms with E-state index in [0.29, 0.717) is 6.04 Å². The topological polar surface area (TPSA) is 26.0 Å². The summed E-state index contributed by atoms with van der Waals surface area (Å²) in [6, 6.07) is 0.401. The maximum Gasteiger partial charge on any atom is 0.00441 e. The number of thioether (sulfide) groups is 1. The van der Waals surface area contributed by atoms with Crippen LogP contribution in [-0.2, 0) is 0 Å². The zero-order chi connectivity index (χ0) is 9.82. The Morgan fingerprint density at radius 1 is 1.42 bits per heavy atom. The average Bonchev–Trinajstić information content (AvgIpc) is 2.15. The Morgan fingerprint density at radius 2 is 2.00 bits per heavy atom. The molecular formula is C10H23NS. The van der Waals surface area contributed by atoms with E-state index in [9.17, 15) is 0 Å². The summed E-state index contributed by atoms with van der Waals surface area (Å²) in [5.41, 5.74) is 5.72. The van der Waals surface area contributed by atoms with Crippen molar-refractivity contribution in [2.75, 3.05) is 5.75 Å². The zero-order valence-corrected chi connectivity index (χ0v) is 9.66. The van der Waals surface area contributed by atoms with Crippen LogP contribution in [0.1, 0.15) is 40.5 Å². The van der Waals surface area contributed by atoms with Crippen LogP contribution in [0.15, 0.2) is 11.5 Å². The van der Waals surface area contributed by atoms with Gasteiger partial charge in [-0.2, -0.15) is 0 Å². The lowest BCUT2D eigenvalue weighted by Crippen LogP contribution is -2.18. The minimum Gasteiger partial charge on any atom is -0.328 e. The van der Waals surface area contributed by atoms with E-state index in [4.69, 9.17) is 5.73 Å². The molecule has 2 heteroatoms. The number of hydrogen-bond donors (Lipinski definition) is 1. The maximum absolute atomic E-state index is 5.72. The fourth-order valence-corrected chi connectivity index (χ4v) is 1.36. The van der Waals surface area contributed by atoms with Gasteiger partial charge in [0, 0.05) is 6.04 Å². The third-order valence-electron chi connectivity index (χ3n) is 1.36. The van der Waals surface area contributed by atoms with Crippen LogP contribution in [0.2, 0.25) is 0 Å². The van der Waals surface area contributed by atoms with Crippen LogP contribution >= 0.6 is 11.8 Å². The van der Waals surface area contributed by atoms with Crippen molar-refractivity contribution in [3.05, 3.63) is 11.5 Å². The lowest BCUT2D eigenvalue weighted by Gasteiger charge is -2.05. The molecule has 74 valence electrons. The highest BCUT2D eigenvalue weighted by molar-refractivity contribution is 8.02. The Labute approximate surface area is 81.8 Å². The number of nitrogens with two attached hydrogens (primary N) is 1. The SMILES string of the molecule is C/C=C\SCCC(N)CC.CC. The second-order valence-corrected chi connectivity index (χ2v) is 3.31. The molecule has 1 nitrogen and oxygen atoms in total. The highest BCUT2D eigenvalue weighted by Gasteiger charge is 1.95. The summed E-state index contributed by atoms with van der Waals surface area (Å²) in [6.07, 6.45) is 4.28. The van der Waals surface area contributed by atoms with Gasteiger partial charge in [-0.1, -0.05) is 26.8 Å². The Morgan fingerprint density at radius 3 is 2.42 bits per heavy atom. The van der Waals surface area contributed by atoms with Crippen LogP contribution in [0.3, 0.4) is 0 Å². The van der Waals surface area contributed by atoms with Gasteiger partial charge in [0.25, 0.3) is 0 Å². The van der Waals surface area contributed by atoms with Crippen LogP contribution in [0.5, 0.6) is 0 Å². The first-order valence-corrected chi connectivity index (χ1v) is 5.84. The van der Waals surface area contributed by atoms with Crippen LogP contribution in [-0.4, -0.2) is 11.8 Å². The Hall–Kier alpha value is 0.0500. The summed E-state index contributed by atoms with van der Waals surface area (Å²) >= 11 is 1.84. The average molecular weight is 189 g/mol. The highest BCUT2D eigenvalue weighted by Crippen LogP contribution is 2.06. The smallest absolute Gasteiger partial charge is 0.00441 e. The van der Waals surface area contributed by atoms with E-state index in [1.54, 1.807) is 0 Å². The van der Waals surface area contributed by atoms with E-state index in [1.165, 1.54) is 0 Å². The van der Waals surface area contributed by atoms with Gasteiger partial charge in [-0.25, -0.2) is 0 Å². The second kappa shape index (κ2) is 13.6. The molecule has 0 rings (SSSR count). The maximum atomic E-state index is 5.72. The van der Waals surface area contributed by atoms with Crippen molar-refractivity contribution in [2.45, 2.75) is 46.6 Å². The van der Waals surface area contributed by atoms with Crippen molar-refractivity contribution in [2.24, 2.45) is 5.73 Å². The summed E-state index contributed by atoms with van der Waals surface area (Å²) < 4.78 is 0. The number of rotatable bonds is 5. The fraction of sp³-hybridized carbons (Fsp3) is 0.800. The Balaban J connectivity index is 0. The number of hydrogen-bond acceptors (Lipinski definition) is 2. The predicted molar refractivity (Wildman–Crippen MR) is 61.5 cm³/mol. The van der Waals surface area contributed by atoms with Gasteiger partial charge in [0.2, 0.25) is 0 Å². The second-order valence-electron chi connectivity index (χ2n) is 2.30. The predicted octanol–water partition coefficient (Wildman–Crippen LogP) is 3.41. The molecule has 0 saturated heterocycles. The number of allylic oxidation sites excluding steroid dienone is 1. The monoisotopic (exact) mass is 189 g/mol. The molecule has 0 aliphatic heterocycles. The summed E-state index contributed by atoms with van der Waals surface area (Å²) in [6.45, 7) is 8.16. The van der Waals surface area contributed by atoms with Gasteiger partial charge in [0.05, 0.1) is 0 Å². The first-order chi connectivity index (χ1) is 5.81. The summed E-state index contributed by atoms with van der Waals surface area (Å²) in [5.74, 6) is 1.15. The summed E-state index contributed by atoms with van der Waals surface area (Å²) in [4.78, 5) is 0. The van der Waals surface area contributed by atoms with Crippen molar-refractivity contribution in [3.8, 4) is 0 Å². The molecule has 0 radical (unpaired) electrons. The van der Waals surface area contributed by atoms with E-state index in [1.807, 2.05) is 32.5 Å². The quantitative estimate of drug-likeness (QED) is 0.671. The first kappa shape index (κ1) is 14.6. The van der Waals surface area contributed by atoms with Crippen molar-refractivity contribution in [3.63, 3.8) is 0 Å². The van der Waals surface area contributed by atoms with Crippen LogP contribution in [0, 0.1) is 0 Å². The fourth-order valence-electron chi connectivity index (χ4n) is 0.588. The first-order valence-electron chi connectivity index (χ1n) is 4.79. The standard InChI is InChI=1S/C8H17NS.C2H6/c1-3-6-10-7-5-8(9)4-2;1-2/h3,6,8H,4-5,7,9H2,1-2H3;1-2H3/b6-3-;. The molecule has 2 N–H and O–H groups in total. The molecular weight excluding hydrogens is 166 g/mol. The van der Waals surface area contributed by atoms with Gasteiger partial charge in [0.15, 0.2) is 0 Å². The largest absolute Gasteiger partial charge is 0.328 e. The van der Waals surface area contributed by atoms with E-state index in [0.717, 1.165) is 18.6 Å². The van der Waals surface area contributed by atoms with Crippen LogP contribution in [0.25, 0.3) is 0 Å². The van der Waals surface area contributed by atoms with Gasteiger partial charge < -0.3 is 5.73 Å². The van der Waals surface area contributed by atoms with Crippen LogP contribution < -0.4 is 5.73 Å². The Kier molecular flexibility index (Phi) is 16.5. The third-order valence-corrected chi connectivity index (χ3v) is 2.30. The highest BCUT2D eigenvalue weighted by atomic mass is 32.2. The molecule has 0 spiro atoms. The van der Waals surface area contributed by atoms with Crippen LogP contribution in [0.4, 0.5) is 0 Å².